The maximum absolute atomic E-state index is 11.9. The van der Waals surface area contributed by atoms with Crippen molar-refractivity contribution in [2.24, 2.45) is 0 Å². The first kappa shape index (κ1) is 13.6. The minimum atomic E-state index is -0.186. The molecule has 1 aromatic rings. The summed E-state index contributed by atoms with van der Waals surface area (Å²) in [7, 11) is 0. The van der Waals surface area contributed by atoms with Gasteiger partial charge in [0, 0.05) is 6.54 Å². The second-order valence-electron chi connectivity index (χ2n) is 4.13. The summed E-state index contributed by atoms with van der Waals surface area (Å²) in [5.41, 5.74) is 1.06. The average molecular weight is 273 g/mol. The Balaban J connectivity index is 2.07. The van der Waals surface area contributed by atoms with Gasteiger partial charge in [-0.25, -0.2) is 0 Å². The number of nitrogens with zero attached hydrogens (tertiary/aromatic N) is 1. The van der Waals surface area contributed by atoms with Gasteiger partial charge in [-0.2, -0.15) is 0 Å². The topological polar surface area (TPSA) is 37.4 Å². The molecule has 0 unspecified atom stereocenters. The van der Waals surface area contributed by atoms with Crippen molar-refractivity contribution in [2.45, 2.75) is 13.3 Å². The monoisotopic (exact) mass is 273 g/mol. The van der Waals surface area contributed by atoms with E-state index in [1.165, 1.54) is 4.90 Å². The van der Waals surface area contributed by atoms with Gasteiger partial charge in [0.2, 0.25) is 0 Å². The maximum Gasteiger partial charge on any atom is 0.293 e. The van der Waals surface area contributed by atoms with Crippen molar-refractivity contribution in [3.63, 3.8) is 0 Å². The van der Waals surface area contributed by atoms with E-state index in [-0.39, 0.29) is 11.1 Å². The predicted octanol–water partition coefficient (Wildman–Crippen LogP) is 3.69. The Morgan fingerprint density at radius 3 is 2.63 bits per heavy atom. The number of hydrogen-bond donors (Lipinski definition) is 0. The molecule has 1 aromatic carbocycles. The SMILES string of the molecule is CCCN1C(=O)S/C(=C\C=C\c2ccccc2)C1=O. The molecule has 1 aliphatic heterocycles. The first-order valence-corrected chi connectivity index (χ1v) is 7.01. The number of benzene rings is 1. The molecule has 3 nitrogen and oxygen atoms in total. The van der Waals surface area contributed by atoms with E-state index < -0.39 is 0 Å². The number of amides is 2. The lowest BCUT2D eigenvalue weighted by atomic mass is 10.2. The van der Waals surface area contributed by atoms with Crippen LogP contribution in [0, 0.1) is 0 Å². The Bertz CT molecular complexity index is 534. The third kappa shape index (κ3) is 3.35. The number of allylic oxidation sites excluding steroid dienone is 2. The smallest absolute Gasteiger partial charge is 0.268 e. The van der Waals surface area contributed by atoms with Gasteiger partial charge in [-0.3, -0.25) is 14.5 Å². The molecular formula is C15H15NO2S. The fourth-order valence-corrected chi connectivity index (χ4v) is 2.56. The van der Waals surface area contributed by atoms with Gasteiger partial charge in [-0.1, -0.05) is 49.4 Å². The van der Waals surface area contributed by atoms with Gasteiger partial charge in [0.1, 0.15) is 0 Å². The zero-order valence-corrected chi connectivity index (χ0v) is 11.5. The summed E-state index contributed by atoms with van der Waals surface area (Å²) in [6.45, 7) is 2.44. The Labute approximate surface area is 117 Å². The predicted molar refractivity (Wildman–Crippen MR) is 78.6 cm³/mol. The Kier molecular flexibility index (Phi) is 4.58. The van der Waals surface area contributed by atoms with Crippen molar-refractivity contribution in [2.75, 3.05) is 6.54 Å². The van der Waals surface area contributed by atoms with Gasteiger partial charge in [0.15, 0.2) is 0 Å². The summed E-state index contributed by atoms with van der Waals surface area (Å²) in [6.07, 6.45) is 6.20. The second-order valence-corrected chi connectivity index (χ2v) is 5.12. The van der Waals surface area contributed by atoms with Gasteiger partial charge in [-0.05, 0) is 29.8 Å². The molecular weight excluding hydrogens is 258 g/mol. The Morgan fingerprint density at radius 2 is 1.95 bits per heavy atom. The van der Waals surface area contributed by atoms with E-state index in [1.807, 2.05) is 43.3 Å². The fourth-order valence-electron chi connectivity index (χ4n) is 1.74. The number of hydrogen-bond acceptors (Lipinski definition) is 3. The highest BCUT2D eigenvalue weighted by molar-refractivity contribution is 8.18. The first-order valence-electron chi connectivity index (χ1n) is 6.19. The standard InChI is InChI=1S/C15H15NO2S/c1-2-11-16-14(17)13(19-15(16)18)10-6-9-12-7-4-3-5-8-12/h3-10H,2,11H2,1H3/b9-6+,13-10-. The average Bonchev–Trinajstić information content (AvgIpc) is 2.68. The van der Waals surface area contributed by atoms with E-state index in [0.29, 0.717) is 11.4 Å². The number of thioether (sulfide) groups is 1. The van der Waals surface area contributed by atoms with Crippen molar-refractivity contribution in [3.8, 4) is 0 Å². The molecule has 98 valence electrons. The third-order valence-electron chi connectivity index (χ3n) is 2.66. The fraction of sp³-hybridized carbons (Fsp3) is 0.200. The molecule has 19 heavy (non-hydrogen) atoms. The molecule has 1 saturated heterocycles. The van der Waals surface area contributed by atoms with Crippen LogP contribution in [0.2, 0.25) is 0 Å². The molecule has 0 bridgehead atoms. The van der Waals surface area contributed by atoms with Crippen LogP contribution in [0.4, 0.5) is 4.79 Å². The van der Waals surface area contributed by atoms with Crippen LogP contribution in [0.25, 0.3) is 6.08 Å². The lowest BCUT2D eigenvalue weighted by Crippen LogP contribution is -2.28. The molecule has 0 saturated carbocycles. The molecule has 2 amide bonds. The maximum atomic E-state index is 11.9. The number of imide groups is 1. The van der Waals surface area contributed by atoms with E-state index in [9.17, 15) is 9.59 Å². The molecule has 1 fully saturated rings. The van der Waals surface area contributed by atoms with E-state index in [0.717, 1.165) is 23.7 Å². The minimum absolute atomic E-state index is 0.175. The van der Waals surface area contributed by atoms with E-state index in [2.05, 4.69) is 0 Å². The molecule has 1 aliphatic rings. The highest BCUT2D eigenvalue weighted by Crippen LogP contribution is 2.30. The molecule has 0 atom stereocenters. The molecule has 4 heteroatoms. The lowest BCUT2D eigenvalue weighted by Gasteiger charge is -2.09. The van der Waals surface area contributed by atoms with Crippen LogP contribution < -0.4 is 0 Å². The highest BCUT2D eigenvalue weighted by Gasteiger charge is 2.33. The van der Waals surface area contributed by atoms with Crippen LogP contribution in [0.3, 0.4) is 0 Å². The summed E-state index contributed by atoms with van der Waals surface area (Å²) in [4.78, 5) is 25.3. The van der Waals surface area contributed by atoms with Crippen molar-refractivity contribution in [1.82, 2.24) is 4.90 Å². The zero-order valence-electron chi connectivity index (χ0n) is 10.7. The third-order valence-corrected chi connectivity index (χ3v) is 3.58. The Morgan fingerprint density at radius 1 is 1.21 bits per heavy atom. The summed E-state index contributed by atoms with van der Waals surface area (Å²) in [5.74, 6) is -0.186. The molecule has 2 rings (SSSR count). The minimum Gasteiger partial charge on any atom is -0.268 e. The van der Waals surface area contributed by atoms with Crippen LogP contribution in [0.1, 0.15) is 18.9 Å². The zero-order chi connectivity index (χ0) is 13.7. The Hall–Kier alpha value is -1.81. The first-order chi connectivity index (χ1) is 9.22. The van der Waals surface area contributed by atoms with Gasteiger partial charge in [0.25, 0.3) is 11.1 Å². The number of rotatable bonds is 4. The molecule has 0 spiro atoms. The summed E-state index contributed by atoms with van der Waals surface area (Å²) in [5, 5.41) is -0.175. The lowest BCUT2D eigenvalue weighted by molar-refractivity contribution is -0.122. The van der Waals surface area contributed by atoms with Crippen LogP contribution in [0.15, 0.2) is 47.4 Å². The molecule has 0 N–H and O–H groups in total. The largest absolute Gasteiger partial charge is 0.293 e. The quantitative estimate of drug-likeness (QED) is 0.785. The molecule has 0 aromatic heterocycles. The van der Waals surface area contributed by atoms with Crippen LogP contribution >= 0.6 is 11.8 Å². The molecule has 1 heterocycles. The van der Waals surface area contributed by atoms with Gasteiger partial charge < -0.3 is 0 Å². The van der Waals surface area contributed by atoms with Crippen molar-refractivity contribution < 1.29 is 9.59 Å². The van der Waals surface area contributed by atoms with Gasteiger partial charge >= 0.3 is 0 Å². The van der Waals surface area contributed by atoms with Crippen LogP contribution in [0.5, 0.6) is 0 Å². The van der Waals surface area contributed by atoms with Crippen molar-refractivity contribution in [1.29, 1.82) is 0 Å². The van der Waals surface area contributed by atoms with E-state index >= 15 is 0 Å². The number of carbonyl (C=O) groups is 2. The van der Waals surface area contributed by atoms with Crippen LogP contribution in [-0.4, -0.2) is 22.6 Å². The number of carbonyl (C=O) groups excluding carboxylic acids is 2. The van der Waals surface area contributed by atoms with Crippen LogP contribution in [-0.2, 0) is 4.79 Å². The van der Waals surface area contributed by atoms with E-state index in [4.69, 9.17) is 0 Å². The molecule has 0 aliphatic carbocycles. The van der Waals surface area contributed by atoms with E-state index in [1.54, 1.807) is 12.2 Å². The summed E-state index contributed by atoms with van der Waals surface area (Å²) >= 11 is 1.00. The summed E-state index contributed by atoms with van der Waals surface area (Å²) < 4.78 is 0. The molecule has 0 radical (unpaired) electrons. The normalized spacial score (nSPS) is 17.9. The summed E-state index contributed by atoms with van der Waals surface area (Å²) in [6, 6.07) is 9.82. The van der Waals surface area contributed by atoms with Gasteiger partial charge in [0.05, 0.1) is 4.91 Å². The van der Waals surface area contributed by atoms with Crippen molar-refractivity contribution in [3.05, 3.63) is 53.0 Å². The van der Waals surface area contributed by atoms with Gasteiger partial charge in [-0.15, -0.1) is 0 Å². The highest BCUT2D eigenvalue weighted by atomic mass is 32.2. The van der Waals surface area contributed by atoms with Crippen molar-refractivity contribution >= 4 is 29.0 Å². The second kappa shape index (κ2) is 6.38.